The van der Waals surface area contributed by atoms with Gasteiger partial charge in [0.1, 0.15) is 6.54 Å². The second-order valence-electron chi connectivity index (χ2n) is 5.74. The van der Waals surface area contributed by atoms with Crippen LogP contribution >= 0.6 is 34.2 Å². The first-order valence-corrected chi connectivity index (χ1v) is 9.21. The molecule has 26 heavy (non-hydrogen) atoms. The Morgan fingerprint density at radius 1 is 1.15 bits per heavy atom. The number of nitrogens with zero attached hydrogens (tertiary/aromatic N) is 2. The van der Waals surface area contributed by atoms with E-state index in [2.05, 4.69) is 22.6 Å². The van der Waals surface area contributed by atoms with E-state index in [1.54, 1.807) is 36.4 Å². The van der Waals surface area contributed by atoms with Gasteiger partial charge in [-0.05, 0) is 65.1 Å². The minimum atomic E-state index is -1.02. The van der Waals surface area contributed by atoms with Crippen molar-refractivity contribution in [3.05, 3.63) is 56.6 Å². The van der Waals surface area contributed by atoms with Crippen molar-refractivity contribution in [1.82, 2.24) is 4.90 Å². The molecule has 1 N–H and O–H groups in total. The number of benzene rings is 2. The van der Waals surface area contributed by atoms with Gasteiger partial charge in [0.05, 0.1) is 17.7 Å². The summed E-state index contributed by atoms with van der Waals surface area (Å²) in [5.74, 6) is -1.69. The van der Waals surface area contributed by atoms with Crippen LogP contribution in [0.4, 0.5) is 11.4 Å². The summed E-state index contributed by atoms with van der Waals surface area (Å²) in [7, 11) is 0. The highest BCUT2D eigenvalue weighted by Crippen LogP contribution is 2.33. The molecule has 0 aromatic heterocycles. The van der Waals surface area contributed by atoms with Gasteiger partial charge in [0, 0.05) is 20.8 Å². The van der Waals surface area contributed by atoms with E-state index in [9.17, 15) is 14.4 Å². The first-order valence-electron chi connectivity index (χ1n) is 7.76. The fraction of sp³-hybridized carbons (Fsp3) is 0.167. The topological polar surface area (TPSA) is 77.9 Å². The molecule has 2 amide bonds. The summed E-state index contributed by atoms with van der Waals surface area (Å²) in [6, 6.07) is 12.0. The van der Waals surface area contributed by atoms with Crippen LogP contribution in [0, 0.1) is 3.57 Å². The zero-order chi connectivity index (χ0) is 18.8. The first-order chi connectivity index (χ1) is 12.4. The van der Waals surface area contributed by atoms with E-state index in [1.807, 2.05) is 6.07 Å². The molecule has 0 unspecified atom stereocenters. The number of amides is 2. The number of carbonyl (C=O) groups excluding carboxylic acids is 2. The third-order valence-corrected chi connectivity index (χ3v) is 4.90. The largest absolute Gasteiger partial charge is 0.481 e. The number of hydrogen-bond donors (Lipinski definition) is 1. The molecular formula is C18H14ClIN2O4. The summed E-state index contributed by atoms with van der Waals surface area (Å²) < 4.78 is 0.846. The lowest BCUT2D eigenvalue weighted by Crippen LogP contribution is -2.38. The summed E-state index contributed by atoms with van der Waals surface area (Å²) in [4.78, 5) is 39.4. The molecule has 2 aromatic carbocycles. The molecule has 0 spiro atoms. The van der Waals surface area contributed by atoms with E-state index in [1.165, 1.54) is 9.80 Å². The smallest absolute Gasteiger partial charge is 0.305 e. The second-order valence-corrected chi connectivity index (χ2v) is 7.42. The number of fused-ring (bicyclic) bond motifs is 1. The van der Waals surface area contributed by atoms with Gasteiger partial charge in [0.15, 0.2) is 0 Å². The molecule has 0 bridgehead atoms. The second kappa shape index (κ2) is 7.63. The molecule has 134 valence electrons. The van der Waals surface area contributed by atoms with E-state index in [0.717, 1.165) is 3.57 Å². The summed E-state index contributed by atoms with van der Waals surface area (Å²) in [6.45, 7) is -0.223. The number of carbonyl (C=O) groups is 3. The molecule has 8 heteroatoms. The van der Waals surface area contributed by atoms with E-state index < -0.39 is 5.97 Å². The maximum Gasteiger partial charge on any atom is 0.305 e. The molecule has 6 nitrogen and oxygen atoms in total. The molecule has 0 atom stereocenters. The monoisotopic (exact) mass is 484 g/mol. The third kappa shape index (κ3) is 3.83. The normalized spacial score (nSPS) is 14.2. The van der Waals surface area contributed by atoms with Gasteiger partial charge < -0.3 is 10.0 Å². The third-order valence-electron chi connectivity index (χ3n) is 3.97. The summed E-state index contributed by atoms with van der Waals surface area (Å²) in [5.41, 5.74) is 1.43. The fourth-order valence-electron chi connectivity index (χ4n) is 2.77. The minimum absolute atomic E-state index is 0.0285. The molecule has 0 fully saturated rings. The van der Waals surface area contributed by atoms with E-state index in [4.69, 9.17) is 16.7 Å². The van der Waals surface area contributed by atoms with E-state index in [-0.39, 0.29) is 31.3 Å². The quantitative estimate of drug-likeness (QED) is 0.674. The highest BCUT2D eigenvalue weighted by molar-refractivity contribution is 14.1. The van der Waals surface area contributed by atoms with Crippen molar-refractivity contribution in [2.75, 3.05) is 18.0 Å². The molecule has 1 aliphatic heterocycles. The van der Waals surface area contributed by atoms with Crippen molar-refractivity contribution in [1.29, 1.82) is 0 Å². The Hall–Kier alpha value is -2.13. The average Bonchev–Trinajstić information content (AvgIpc) is 2.69. The molecule has 1 aliphatic rings. The first kappa shape index (κ1) is 18.7. The van der Waals surface area contributed by atoms with Gasteiger partial charge in [-0.1, -0.05) is 11.6 Å². The van der Waals surface area contributed by atoms with Crippen LogP contribution in [0.5, 0.6) is 0 Å². The van der Waals surface area contributed by atoms with Crippen molar-refractivity contribution in [3.63, 3.8) is 0 Å². The minimum Gasteiger partial charge on any atom is -0.481 e. The van der Waals surface area contributed by atoms with Crippen LogP contribution in [-0.4, -0.2) is 40.9 Å². The number of aliphatic carboxylic acids is 1. The number of hydrogen-bond acceptors (Lipinski definition) is 3. The van der Waals surface area contributed by atoms with Gasteiger partial charge in [-0.25, -0.2) is 0 Å². The van der Waals surface area contributed by atoms with Crippen LogP contribution in [-0.2, 0) is 9.59 Å². The van der Waals surface area contributed by atoms with Gasteiger partial charge in [-0.3, -0.25) is 19.3 Å². The molecule has 0 radical (unpaired) electrons. The number of anilines is 2. The summed E-state index contributed by atoms with van der Waals surface area (Å²) >= 11 is 8.03. The molecule has 1 heterocycles. The molecule has 0 saturated heterocycles. The van der Waals surface area contributed by atoms with E-state index in [0.29, 0.717) is 22.0 Å². The van der Waals surface area contributed by atoms with Crippen LogP contribution < -0.4 is 4.90 Å². The Bertz CT molecular complexity index is 885. The molecule has 2 aromatic rings. The van der Waals surface area contributed by atoms with Crippen LogP contribution in [0.1, 0.15) is 16.8 Å². The Labute approximate surface area is 168 Å². The summed E-state index contributed by atoms with van der Waals surface area (Å²) in [5, 5.41) is 9.45. The van der Waals surface area contributed by atoms with Crippen molar-refractivity contribution in [2.24, 2.45) is 0 Å². The number of halogens is 2. The Balaban J connectivity index is 2.09. The van der Waals surface area contributed by atoms with Gasteiger partial charge >= 0.3 is 5.97 Å². The molecular weight excluding hydrogens is 471 g/mol. The van der Waals surface area contributed by atoms with Gasteiger partial charge in [-0.2, -0.15) is 0 Å². The van der Waals surface area contributed by atoms with Gasteiger partial charge in [-0.15, -0.1) is 0 Å². The number of carboxylic acid groups (broad SMARTS) is 1. The zero-order valence-electron chi connectivity index (χ0n) is 13.5. The predicted molar refractivity (Wildman–Crippen MR) is 106 cm³/mol. The molecule has 3 rings (SSSR count). The van der Waals surface area contributed by atoms with Crippen molar-refractivity contribution in [3.8, 4) is 0 Å². The average molecular weight is 485 g/mol. The standard InChI is InChI=1S/C18H14ClIN2O4/c19-11-1-4-13(5-2-11)22-15-6-3-12(20)9-14(15)18(26)21(10-16(22)23)8-7-17(24)25/h1-6,9H,7-8,10H2,(H,24,25). The zero-order valence-corrected chi connectivity index (χ0v) is 16.4. The lowest BCUT2D eigenvalue weighted by Gasteiger charge is -2.23. The highest BCUT2D eigenvalue weighted by atomic mass is 127. The Morgan fingerprint density at radius 3 is 2.50 bits per heavy atom. The predicted octanol–water partition coefficient (Wildman–Crippen LogP) is 3.54. The lowest BCUT2D eigenvalue weighted by molar-refractivity contribution is -0.137. The molecule has 0 aliphatic carbocycles. The van der Waals surface area contributed by atoms with Crippen LogP contribution in [0.2, 0.25) is 5.02 Å². The fourth-order valence-corrected chi connectivity index (χ4v) is 3.39. The van der Waals surface area contributed by atoms with Crippen molar-refractivity contribution >= 4 is 63.4 Å². The van der Waals surface area contributed by atoms with Crippen molar-refractivity contribution in [2.45, 2.75) is 6.42 Å². The van der Waals surface area contributed by atoms with Crippen LogP contribution in [0.25, 0.3) is 0 Å². The molecule has 0 saturated carbocycles. The lowest BCUT2D eigenvalue weighted by atomic mass is 10.1. The summed E-state index contributed by atoms with van der Waals surface area (Å²) in [6.07, 6.45) is -0.223. The van der Waals surface area contributed by atoms with Crippen molar-refractivity contribution < 1.29 is 19.5 Å². The maximum atomic E-state index is 12.9. The number of carboxylic acids is 1. The van der Waals surface area contributed by atoms with Gasteiger partial charge in [0.2, 0.25) is 0 Å². The maximum absolute atomic E-state index is 12.9. The van der Waals surface area contributed by atoms with E-state index >= 15 is 0 Å². The van der Waals surface area contributed by atoms with Gasteiger partial charge in [0.25, 0.3) is 11.8 Å². The number of rotatable bonds is 4. The Morgan fingerprint density at radius 2 is 1.85 bits per heavy atom. The Kier molecular flexibility index (Phi) is 5.47. The highest BCUT2D eigenvalue weighted by Gasteiger charge is 2.32. The van der Waals surface area contributed by atoms with Crippen LogP contribution in [0.3, 0.4) is 0 Å². The van der Waals surface area contributed by atoms with Crippen LogP contribution in [0.15, 0.2) is 42.5 Å². The SMILES string of the molecule is O=C(O)CCN1CC(=O)N(c2ccc(Cl)cc2)c2ccc(I)cc2C1=O.